The maximum absolute atomic E-state index is 13.7. The van der Waals surface area contributed by atoms with E-state index < -0.39 is 23.4 Å². The van der Waals surface area contributed by atoms with Crippen LogP contribution in [0.25, 0.3) is 0 Å². The van der Waals surface area contributed by atoms with Gasteiger partial charge in [0.2, 0.25) is 5.91 Å². The van der Waals surface area contributed by atoms with E-state index in [1.54, 1.807) is 24.3 Å². The molecule has 0 aliphatic carbocycles. The Morgan fingerprint density at radius 1 is 0.914 bits per heavy atom. The lowest BCUT2D eigenvalue weighted by Gasteiger charge is -2.28. The Morgan fingerprint density at radius 3 is 1.94 bits per heavy atom. The van der Waals surface area contributed by atoms with Crippen LogP contribution in [0.1, 0.15) is 31.9 Å². The summed E-state index contributed by atoms with van der Waals surface area (Å²) >= 11 is 0. The van der Waals surface area contributed by atoms with E-state index in [1.165, 1.54) is 0 Å². The van der Waals surface area contributed by atoms with Crippen molar-refractivity contribution in [3.8, 4) is 0 Å². The van der Waals surface area contributed by atoms with E-state index in [0.717, 1.165) is 17.1 Å². The molecular weight excluding hydrogens is 440 g/mol. The summed E-state index contributed by atoms with van der Waals surface area (Å²) < 4.78 is 0. The van der Waals surface area contributed by atoms with Crippen LogP contribution in [0.4, 0.5) is 16.2 Å². The topological polar surface area (TPSA) is 81.8 Å². The molecule has 1 heterocycles. The molecule has 1 saturated heterocycles. The van der Waals surface area contributed by atoms with Gasteiger partial charge in [-0.15, -0.1) is 0 Å². The third-order valence-corrected chi connectivity index (χ3v) is 6.27. The predicted octanol–water partition coefficient (Wildman–Crippen LogP) is 4.36. The molecule has 3 aromatic rings. The number of imide groups is 1. The first-order chi connectivity index (χ1) is 16.9. The van der Waals surface area contributed by atoms with Crippen molar-refractivity contribution in [2.75, 3.05) is 23.3 Å². The number of hydrogen-bond donors (Lipinski definition) is 2. The molecule has 7 nitrogen and oxygen atoms in total. The van der Waals surface area contributed by atoms with E-state index in [-0.39, 0.29) is 6.54 Å². The third kappa shape index (κ3) is 4.62. The van der Waals surface area contributed by atoms with Crippen LogP contribution in [0.2, 0.25) is 0 Å². The second-order valence-electron chi connectivity index (χ2n) is 8.78. The van der Waals surface area contributed by atoms with Crippen molar-refractivity contribution < 1.29 is 14.4 Å². The van der Waals surface area contributed by atoms with Crippen molar-refractivity contribution in [3.63, 3.8) is 0 Å². The van der Waals surface area contributed by atoms with Crippen LogP contribution in [-0.2, 0) is 15.1 Å². The molecule has 1 aliphatic rings. The molecule has 0 spiro atoms. The number of rotatable bonds is 8. The summed E-state index contributed by atoms with van der Waals surface area (Å²) in [6.07, 6.45) is 0. The van der Waals surface area contributed by atoms with Gasteiger partial charge in [0.15, 0.2) is 5.54 Å². The van der Waals surface area contributed by atoms with Gasteiger partial charge in [-0.2, -0.15) is 0 Å². The van der Waals surface area contributed by atoms with Crippen LogP contribution in [0, 0.1) is 0 Å². The van der Waals surface area contributed by atoms with E-state index >= 15 is 0 Å². The van der Waals surface area contributed by atoms with E-state index in [0.29, 0.717) is 22.9 Å². The lowest BCUT2D eigenvalue weighted by atomic mass is 9.82. The SMILES string of the molecule is CCN(c1ccc(NC(=O)CN2C(=O)NC(c3ccccc3)(c3ccccc3)C2=O)cc1)C(C)C. The largest absolute Gasteiger partial charge is 0.369 e. The smallest absolute Gasteiger partial charge is 0.326 e. The average Bonchev–Trinajstić information content (AvgIpc) is 3.12. The normalized spacial score (nSPS) is 14.7. The number of carbonyl (C=O) groups is 3. The molecule has 180 valence electrons. The molecule has 7 heteroatoms. The Bertz CT molecular complexity index is 1150. The van der Waals surface area contributed by atoms with Gasteiger partial charge in [-0.1, -0.05) is 60.7 Å². The minimum Gasteiger partial charge on any atom is -0.369 e. The summed E-state index contributed by atoms with van der Waals surface area (Å²) in [5.74, 6) is -0.935. The highest BCUT2D eigenvalue weighted by Gasteiger charge is 2.54. The summed E-state index contributed by atoms with van der Waals surface area (Å²) in [5.41, 5.74) is 1.54. The first-order valence-corrected chi connectivity index (χ1v) is 11.8. The fourth-order valence-corrected chi connectivity index (χ4v) is 4.58. The number of hydrogen-bond acceptors (Lipinski definition) is 4. The van der Waals surface area contributed by atoms with Crippen LogP contribution in [0.15, 0.2) is 84.9 Å². The Labute approximate surface area is 205 Å². The molecule has 1 aliphatic heterocycles. The van der Waals surface area contributed by atoms with E-state index in [1.807, 2.05) is 60.7 Å². The number of anilines is 2. The monoisotopic (exact) mass is 470 g/mol. The van der Waals surface area contributed by atoms with Gasteiger partial charge in [-0.25, -0.2) is 4.79 Å². The lowest BCUT2D eigenvalue weighted by Crippen LogP contribution is -2.45. The van der Waals surface area contributed by atoms with E-state index in [2.05, 4.69) is 36.3 Å². The Hall–Kier alpha value is -4.13. The Kier molecular flexibility index (Phi) is 6.87. The third-order valence-electron chi connectivity index (χ3n) is 6.27. The highest BCUT2D eigenvalue weighted by atomic mass is 16.2. The van der Waals surface area contributed by atoms with E-state index in [4.69, 9.17) is 0 Å². The standard InChI is InChI=1S/C28H30N4O3/c1-4-31(20(2)3)24-17-15-23(16-18-24)29-25(33)19-32-26(34)28(30-27(32)35,21-11-7-5-8-12-21)22-13-9-6-10-14-22/h5-18,20H,4,19H2,1-3H3,(H,29,33)(H,30,35). The van der Waals surface area contributed by atoms with Gasteiger partial charge in [-0.3, -0.25) is 14.5 Å². The number of nitrogens with one attached hydrogen (secondary N) is 2. The van der Waals surface area contributed by atoms with Crippen LogP contribution >= 0.6 is 0 Å². The maximum atomic E-state index is 13.7. The van der Waals surface area contributed by atoms with Crippen LogP contribution in [0.5, 0.6) is 0 Å². The molecule has 0 bridgehead atoms. The van der Waals surface area contributed by atoms with Crippen LogP contribution in [-0.4, -0.2) is 41.9 Å². The zero-order chi connectivity index (χ0) is 25.0. The zero-order valence-electron chi connectivity index (χ0n) is 20.2. The molecule has 3 aromatic carbocycles. The first kappa shape index (κ1) is 24.0. The van der Waals surface area contributed by atoms with Gasteiger partial charge in [-0.05, 0) is 56.2 Å². The zero-order valence-corrected chi connectivity index (χ0v) is 20.2. The van der Waals surface area contributed by atoms with Crippen LogP contribution in [0.3, 0.4) is 0 Å². The molecule has 0 radical (unpaired) electrons. The van der Waals surface area contributed by atoms with Crippen molar-refractivity contribution in [2.24, 2.45) is 0 Å². The van der Waals surface area contributed by atoms with Crippen molar-refractivity contribution in [1.82, 2.24) is 10.2 Å². The molecule has 0 saturated carbocycles. The van der Waals surface area contributed by atoms with Gasteiger partial charge < -0.3 is 15.5 Å². The minimum absolute atomic E-state index is 0.356. The first-order valence-electron chi connectivity index (χ1n) is 11.8. The van der Waals surface area contributed by atoms with Crippen molar-refractivity contribution >= 4 is 29.2 Å². The van der Waals surface area contributed by atoms with Gasteiger partial charge in [0, 0.05) is 24.0 Å². The molecule has 0 unspecified atom stereocenters. The number of nitrogens with zero attached hydrogens (tertiary/aromatic N) is 2. The van der Waals surface area contributed by atoms with Crippen LogP contribution < -0.4 is 15.5 Å². The maximum Gasteiger partial charge on any atom is 0.326 e. The molecule has 35 heavy (non-hydrogen) atoms. The quantitative estimate of drug-likeness (QED) is 0.480. The summed E-state index contributed by atoms with van der Waals surface area (Å²) in [6, 6.07) is 25.4. The summed E-state index contributed by atoms with van der Waals surface area (Å²) in [5, 5.41) is 5.66. The van der Waals surface area contributed by atoms with Crippen molar-refractivity contribution in [2.45, 2.75) is 32.4 Å². The molecular formula is C28H30N4O3. The summed E-state index contributed by atoms with van der Waals surface area (Å²) in [7, 11) is 0. The average molecular weight is 471 g/mol. The minimum atomic E-state index is -1.39. The number of carbonyl (C=O) groups excluding carboxylic acids is 3. The highest BCUT2D eigenvalue weighted by Crippen LogP contribution is 2.36. The fraction of sp³-hybridized carbons (Fsp3) is 0.250. The highest BCUT2D eigenvalue weighted by molar-refractivity contribution is 6.12. The second-order valence-corrected chi connectivity index (χ2v) is 8.78. The van der Waals surface area contributed by atoms with Gasteiger partial charge in [0.25, 0.3) is 5.91 Å². The second kappa shape index (κ2) is 10.0. The molecule has 4 rings (SSSR count). The molecule has 1 fully saturated rings. The summed E-state index contributed by atoms with van der Waals surface area (Å²) in [6.45, 7) is 6.84. The van der Waals surface area contributed by atoms with Gasteiger partial charge >= 0.3 is 6.03 Å². The Balaban J connectivity index is 1.54. The molecule has 0 atom stereocenters. The number of urea groups is 1. The van der Waals surface area contributed by atoms with E-state index in [9.17, 15) is 14.4 Å². The van der Waals surface area contributed by atoms with Crippen molar-refractivity contribution in [1.29, 1.82) is 0 Å². The Morgan fingerprint density at radius 2 is 1.46 bits per heavy atom. The predicted molar refractivity (Wildman–Crippen MR) is 137 cm³/mol. The number of benzene rings is 3. The lowest BCUT2D eigenvalue weighted by molar-refractivity contribution is -0.133. The fourth-order valence-electron chi connectivity index (χ4n) is 4.58. The summed E-state index contributed by atoms with van der Waals surface area (Å²) in [4.78, 5) is 42.7. The molecule has 0 aromatic heterocycles. The van der Waals surface area contributed by atoms with Gasteiger partial charge in [0.05, 0.1) is 0 Å². The molecule has 4 amide bonds. The molecule has 2 N–H and O–H groups in total. The van der Waals surface area contributed by atoms with Gasteiger partial charge in [0.1, 0.15) is 6.54 Å². The number of amides is 4. The van der Waals surface area contributed by atoms with Crippen molar-refractivity contribution in [3.05, 3.63) is 96.1 Å².